The highest BCUT2D eigenvalue weighted by Gasteiger charge is 2.17. The Balaban J connectivity index is 1.27. The standard InChI is InChI=1S/C36H22N4O/c1-2-7-26(8-3-1)36-40-35-32(41-36)18-17-28-33(35)27-9-4-5-10-31(27)39-34(28)25-15-13-23(14-16-25)29-11-6-12-30(38-29)24-19-21-37-22-20-24/h1-22H. The molecule has 4 aromatic heterocycles. The monoisotopic (exact) mass is 526 g/mol. The molecule has 0 bridgehead atoms. The molecule has 0 saturated carbocycles. The summed E-state index contributed by atoms with van der Waals surface area (Å²) >= 11 is 0. The van der Waals surface area contributed by atoms with Crippen LogP contribution < -0.4 is 0 Å². The highest BCUT2D eigenvalue weighted by Crippen LogP contribution is 2.38. The Morgan fingerprint density at radius 1 is 0.463 bits per heavy atom. The first-order valence-corrected chi connectivity index (χ1v) is 13.5. The van der Waals surface area contributed by atoms with Gasteiger partial charge in [0.1, 0.15) is 5.52 Å². The van der Waals surface area contributed by atoms with E-state index in [0.717, 1.165) is 72.1 Å². The number of pyridine rings is 3. The van der Waals surface area contributed by atoms with Crippen LogP contribution >= 0.6 is 0 Å². The number of nitrogens with zero attached hydrogens (tertiary/aromatic N) is 4. The first-order valence-electron chi connectivity index (χ1n) is 13.5. The highest BCUT2D eigenvalue weighted by atomic mass is 16.3. The van der Waals surface area contributed by atoms with Crippen LogP contribution in [0.4, 0.5) is 0 Å². The first-order chi connectivity index (χ1) is 20.3. The van der Waals surface area contributed by atoms with E-state index in [4.69, 9.17) is 19.4 Å². The fourth-order valence-electron chi connectivity index (χ4n) is 5.43. The van der Waals surface area contributed by atoms with Crippen molar-refractivity contribution in [2.24, 2.45) is 0 Å². The Morgan fingerprint density at radius 3 is 1.98 bits per heavy atom. The van der Waals surface area contributed by atoms with Crippen LogP contribution in [0.15, 0.2) is 138 Å². The lowest BCUT2D eigenvalue weighted by molar-refractivity contribution is 0.620. The zero-order chi connectivity index (χ0) is 27.2. The number of hydrogen-bond donors (Lipinski definition) is 0. The van der Waals surface area contributed by atoms with Gasteiger partial charge in [-0.2, -0.15) is 0 Å². The molecular formula is C36H22N4O. The van der Waals surface area contributed by atoms with E-state index >= 15 is 0 Å². The SMILES string of the molecule is c1ccc(-c2nc3c(ccc4c(-c5ccc(-c6cccc(-c7ccncc7)n6)cc5)nc5ccccc5c43)o2)cc1. The molecule has 4 aromatic carbocycles. The summed E-state index contributed by atoms with van der Waals surface area (Å²) < 4.78 is 6.22. The summed E-state index contributed by atoms with van der Waals surface area (Å²) in [5, 5.41) is 3.14. The molecule has 0 amide bonds. The molecule has 0 fully saturated rings. The predicted octanol–water partition coefficient (Wildman–Crippen LogP) is 8.99. The number of rotatable bonds is 4. The summed E-state index contributed by atoms with van der Waals surface area (Å²) in [4.78, 5) is 19.1. The van der Waals surface area contributed by atoms with Crippen molar-refractivity contribution < 1.29 is 4.42 Å². The number of fused-ring (bicyclic) bond motifs is 5. The Hall–Kier alpha value is -5.68. The molecule has 8 rings (SSSR count). The molecule has 5 heteroatoms. The fraction of sp³-hybridized carbons (Fsp3) is 0. The van der Waals surface area contributed by atoms with E-state index in [1.807, 2.05) is 78.9 Å². The Kier molecular flexibility index (Phi) is 5.38. The van der Waals surface area contributed by atoms with Gasteiger partial charge in [-0.05, 0) is 54.6 Å². The maximum atomic E-state index is 6.22. The van der Waals surface area contributed by atoms with Gasteiger partial charge in [-0.3, -0.25) is 4.98 Å². The van der Waals surface area contributed by atoms with Crippen LogP contribution in [0.1, 0.15) is 0 Å². The second-order valence-electron chi connectivity index (χ2n) is 9.92. The summed E-state index contributed by atoms with van der Waals surface area (Å²) in [5.41, 5.74) is 9.33. The van der Waals surface area contributed by atoms with E-state index in [2.05, 4.69) is 47.4 Å². The van der Waals surface area contributed by atoms with Crippen LogP contribution in [-0.2, 0) is 0 Å². The Labute approximate surface area is 235 Å². The normalized spacial score (nSPS) is 11.4. The van der Waals surface area contributed by atoms with Crippen LogP contribution in [0.2, 0.25) is 0 Å². The maximum absolute atomic E-state index is 6.22. The molecule has 5 nitrogen and oxygen atoms in total. The molecule has 8 aromatic rings. The summed E-state index contributed by atoms with van der Waals surface area (Å²) in [5.74, 6) is 0.612. The molecule has 0 radical (unpaired) electrons. The third-order valence-corrected chi connectivity index (χ3v) is 7.42. The van der Waals surface area contributed by atoms with Crippen LogP contribution in [0, 0.1) is 0 Å². The zero-order valence-electron chi connectivity index (χ0n) is 21.9. The van der Waals surface area contributed by atoms with E-state index < -0.39 is 0 Å². The summed E-state index contributed by atoms with van der Waals surface area (Å²) in [6, 6.07) is 40.8. The number of para-hydroxylation sites is 1. The topological polar surface area (TPSA) is 64.7 Å². The van der Waals surface area contributed by atoms with Gasteiger partial charge in [0.15, 0.2) is 5.58 Å². The van der Waals surface area contributed by atoms with Gasteiger partial charge in [0.25, 0.3) is 0 Å². The van der Waals surface area contributed by atoms with Gasteiger partial charge in [0, 0.05) is 50.8 Å². The lowest BCUT2D eigenvalue weighted by Crippen LogP contribution is -1.91. The number of hydrogen-bond acceptors (Lipinski definition) is 5. The fourth-order valence-corrected chi connectivity index (χ4v) is 5.43. The smallest absolute Gasteiger partial charge is 0.227 e. The molecule has 0 unspecified atom stereocenters. The predicted molar refractivity (Wildman–Crippen MR) is 164 cm³/mol. The van der Waals surface area contributed by atoms with Crippen molar-refractivity contribution in [2.75, 3.05) is 0 Å². The molecule has 41 heavy (non-hydrogen) atoms. The van der Waals surface area contributed by atoms with Crippen molar-refractivity contribution in [3.8, 4) is 45.2 Å². The van der Waals surface area contributed by atoms with Crippen molar-refractivity contribution in [1.82, 2.24) is 19.9 Å². The van der Waals surface area contributed by atoms with Gasteiger partial charge in [0.05, 0.1) is 22.6 Å². The van der Waals surface area contributed by atoms with Crippen molar-refractivity contribution in [3.05, 3.63) is 134 Å². The molecule has 0 atom stereocenters. The molecular weight excluding hydrogens is 504 g/mol. The third-order valence-electron chi connectivity index (χ3n) is 7.42. The Bertz CT molecular complexity index is 2190. The van der Waals surface area contributed by atoms with Crippen LogP contribution in [0.5, 0.6) is 0 Å². The summed E-state index contributed by atoms with van der Waals surface area (Å²) in [6.07, 6.45) is 3.57. The van der Waals surface area contributed by atoms with E-state index in [9.17, 15) is 0 Å². The summed E-state index contributed by atoms with van der Waals surface area (Å²) in [7, 11) is 0. The molecule has 0 saturated heterocycles. The lowest BCUT2D eigenvalue weighted by Gasteiger charge is -2.11. The highest BCUT2D eigenvalue weighted by molar-refractivity contribution is 6.20. The molecule has 0 N–H and O–H groups in total. The van der Waals surface area contributed by atoms with Crippen LogP contribution in [0.25, 0.3) is 78.0 Å². The van der Waals surface area contributed by atoms with Crippen molar-refractivity contribution in [2.45, 2.75) is 0 Å². The molecule has 192 valence electrons. The van der Waals surface area contributed by atoms with Crippen LogP contribution in [-0.4, -0.2) is 19.9 Å². The first kappa shape index (κ1) is 23.2. The van der Waals surface area contributed by atoms with Crippen LogP contribution in [0.3, 0.4) is 0 Å². The third kappa shape index (κ3) is 4.03. The Morgan fingerprint density at radius 2 is 1.17 bits per heavy atom. The minimum Gasteiger partial charge on any atom is -0.436 e. The number of aromatic nitrogens is 4. The van der Waals surface area contributed by atoms with E-state index in [0.29, 0.717) is 5.89 Å². The van der Waals surface area contributed by atoms with E-state index in [-0.39, 0.29) is 0 Å². The molecule has 4 heterocycles. The minimum atomic E-state index is 0.612. The number of oxazole rings is 1. The molecule has 0 aliphatic carbocycles. The van der Waals surface area contributed by atoms with Gasteiger partial charge in [0.2, 0.25) is 5.89 Å². The quantitative estimate of drug-likeness (QED) is 0.214. The van der Waals surface area contributed by atoms with Gasteiger partial charge in [-0.25, -0.2) is 15.0 Å². The molecule has 0 aliphatic heterocycles. The van der Waals surface area contributed by atoms with Gasteiger partial charge >= 0.3 is 0 Å². The lowest BCUT2D eigenvalue weighted by atomic mass is 9.98. The van der Waals surface area contributed by atoms with Gasteiger partial charge < -0.3 is 4.42 Å². The van der Waals surface area contributed by atoms with E-state index in [1.165, 1.54) is 0 Å². The molecule has 0 spiro atoms. The van der Waals surface area contributed by atoms with Gasteiger partial charge in [-0.1, -0.05) is 66.7 Å². The molecule has 0 aliphatic rings. The van der Waals surface area contributed by atoms with Crippen molar-refractivity contribution >= 4 is 32.8 Å². The average molecular weight is 527 g/mol. The largest absolute Gasteiger partial charge is 0.436 e. The van der Waals surface area contributed by atoms with Gasteiger partial charge in [-0.15, -0.1) is 0 Å². The average Bonchev–Trinajstić information content (AvgIpc) is 3.50. The van der Waals surface area contributed by atoms with E-state index in [1.54, 1.807) is 12.4 Å². The summed E-state index contributed by atoms with van der Waals surface area (Å²) in [6.45, 7) is 0. The number of benzene rings is 4. The minimum absolute atomic E-state index is 0.612. The maximum Gasteiger partial charge on any atom is 0.227 e. The van der Waals surface area contributed by atoms with Crippen molar-refractivity contribution in [3.63, 3.8) is 0 Å². The van der Waals surface area contributed by atoms with Crippen molar-refractivity contribution in [1.29, 1.82) is 0 Å². The zero-order valence-corrected chi connectivity index (χ0v) is 21.9. The second-order valence-corrected chi connectivity index (χ2v) is 9.92. The second kappa shape index (κ2) is 9.50.